The number of rotatable bonds is 1. The molecule has 1 N–H and O–H groups in total. The fourth-order valence-corrected chi connectivity index (χ4v) is 3.79. The van der Waals surface area contributed by atoms with Crippen LogP contribution in [0.3, 0.4) is 0 Å². The summed E-state index contributed by atoms with van der Waals surface area (Å²) in [6, 6.07) is 6.85. The Kier molecular flexibility index (Phi) is 4.53. The second-order valence-electron chi connectivity index (χ2n) is 7.92. The molecule has 0 radical (unpaired) electrons. The van der Waals surface area contributed by atoms with E-state index < -0.39 is 0 Å². The Morgan fingerprint density at radius 1 is 1.17 bits per heavy atom. The lowest BCUT2D eigenvalue weighted by Crippen LogP contribution is -2.47. The van der Waals surface area contributed by atoms with Crippen LogP contribution in [0.15, 0.2) is 47.6 Å². The van der Waals surface area contributed by atoms with Gasteiger partial charge in [-0.05, 0) is 60.4 Å². The van der Waals surface area contributed by atoms with Crippen LogP contribution < -0.4 is 0 Å². The van der Waals surface area contributed by atoms with Crippen molar-refractivity contribution in [2.45, 2.75) is 52.5 Å². The summed E-state index contributed by atoms with van der Waals surface area (Å²) in [4.78, 5) is 15.2. The van der Waals surface area contributed by atoms with E-state index in [0.29, 0.717) is 5.56 Å². The molecule has 2 aliphatic rings. The summed E-state index contributed by atoms with van der Waals surface area (Å²) in [5.74, 6) is 0.160. The maximum absolute atomic E-state index is 13.1. The highest BCUT2D eigenvalue weighted by Gasteiger charge is 2.37. The van der Waals surface area contributed by atoms with Crippen LogP contribution in [0.1, 0.15) is 56.8 Å². The molecule has 0 unspecified atom stereocenters. The Bertz CT molecular complexity index is 694. The molecule has 1 aliphatic heterocycles. The molecular weight excluding hydrogens is 298 g/mol. The van der Waals surface area contributed by atoms with Gasteiger partial charge in [0.05, 0.1) is 0 Å². The third kappa shape index (κ3) is 3.40. The van der Waals surface area contributed by atoms with E-state index in [2.05, 4.69) is 32.9 Å². The third-order valence-electron chi connectivity index (χ3n) is 5.13. The Labute approximate surface area is 144 Å². The second-order valence-corrected chi connectivity index (χ2v) is 7.92. The van der Waals surface area contributed by atoms with Crippen LogP contribution in [0.5, 0.6) is 5.75 Å². The van der Waals surface area contributed by atoms with Crippen LogP contribution in [0.4, 0.5) is 0 Å². The van der Waals surface area contributed by atoms with E-state index in [1.54, 1.807) is 24.3 Å². The number of hydrogen-bond acceptors (Lipinski definition) is 2. The summed E-state index contributed by atoms with van der Waals surface area (Å²) in [5, 5.41) is 9.72. The number of likely N-dealkylation sites (tertiary alicyclic amines) is 1. The van der Waals surface area contributed by atoms with Crippen molar-refractivity contribution < 1.29 is 9.90 Å². The van der Waals surface area contributed by atoms with Crippen molar-refractivity contribution in [1.29, 1.82) is 0 Å². The normalized spacial score (nSPS) is 21.5. The number of allylic oxidation sites excluding steroid dienone is 2. The summed E-state index contributed by atoms with van der Waals surface area (Å²) < 4.78 is 0. The smallest absolute Gasteiger partial charge is 0.254 e. The number of carbonyl (C=O) groups excluding carboxylic acids is 1. The lowest BCUT2D eigenvalue weighted by atomic mass is 9.80. The van der Waals surface area contributed by atoms with Gasteiger partial charge >= 0.3 is 0 Å². The number of benzene rings is 1. The minimum Gasteiger partial charge on any atom is -0.508 e. The molecule has 1 amide bonds. The number of carbonyl (C=O) groups is 1. The molecule has 24 heavy (non-hydrogen) atoms. The zero-order chi connectivity index (χ0) is 17.3. The number of phenolic OH excluding ortho intramolecular Hbond substituents is 1. The fourth-order valence-electron chi connectivity index (χ4n) is 3.79. The van der Waals surface area contributed by atoms with Gasteiger partial charge in [0.25, 0.3) is 5.91 Å². The van der Waals surface area contributed by atoms with E-state index in [9.17, 15) is 9.90 Å². The summed E-state index contributed by atoms with van der Waals surface area (Å²) >= 11 is 0. The summed E-state index contributed by atoms with van der Waals surface area (Å²) in [6.45, 7) is 7.36. The molecule has 1 atom stereocenters. The van der Waals surface area contributed by atoms with E-state index in [1.807, 2.05) is 4.90 Å². The van der Waals surface area contributed by atoms with Crippen LogP contribution >= 0.6 is 0 Å². The van der Waals surface area contributed by atoms with Gasteiger partial charge in [-0.25, -0.2) is 0 Å². The highest BCUT2D eigenvalue weighted by atomic mass is 16.3. The quantitative estimate of drug-likeness (QED) is 0.814. The van der Waals surface area contributed by atoms with Crippen LogP contribution in [-0.2, 0) is 0 Å². The number of hydrogen-bond donors (Lipinski definition) is 1. The van der Waals surface area contributed by atoms with Crippen molar-refractivity contribution in [2.75, 3.05) is 6.54 Å². The van der Waals surface area contributed by atoms with Gasteiger partial charge in [-0.15, -0.1) is 0 Å². The minimum absolute atomic E-state index is 0.000220. The van der Waals surface area contributed by atoms with E-state index in [0.717, 1.165) is 32.2 Å². The lowest BCUT2D eigenvalue weighted by Gasteiger charge is -2.39. The molecule has 0 spiro atoms. The number of fused-ring (bicyclic) bond motifs is 1. The van der Waals surface area contributed by atoms with Crippen molar-refractivity contribution in [3.8, 4) is 5.75 Å². The average molecular weight is 325 g/mol. The monoisotopic (exact) mass is 325 g/mol. The molecule has 0 saturated carbocycles. The van der Waals surface area contributed by atoms with Gasteiger partial charge in [0, 0.05) is 18.2 Å². The predicted molar refractivity (Wildman–Crippen MR) is 97.0 cm³/mol. The van der Waals surface area contributed by atoms with Crippen molar-refractivity contribution in [3.63, 3.8) is 0 Å². The lowest BCUT2D eigenvalue weighted by molar-refractivity contribution is 0.0536. The highest BCUT2D eigenvalue weighted by Crippen LogP contribution is 2.38. The van der Waals surface area contributed by atoms with Gasteiger partial charge in [0.1, 0.15) is 5.75 Å². The van der Waals surface area contributed by atoms with Crippen molar-refractivity contribution in [1.82, 2.24) is 4.90 Å². The molecule has 128 valence electrons. The molecule has 1 fully saturated rings. The molecule has 1 aromatic rings. The fraction of sp³-hybridized carbons (Fsp3) is 0.476. The SMILES string of the molecule is CC(C)(C)[C@@H]1CC2=CCCC=C2CCN1C(=O)c1cccc(O)c1. The van der Waals surface area contributed by atoms with Crippen molar-refractivity contribution in [2.24, 2.45) is 5.41 Å². The number of aromatic hydroxyl groups is 1. The Morgan fingerprint density at radius 3 is 2.54 bits per heavy atom. The molecule has 1 aliphatic carbocycles. The van der Waals surface area contributed by atoms with Crippen molar-refractivity contribution >= 4 is 5.91 Å². The van der Waals surface area contributed by atoms with E-state index in [1.165, 1.54) is 11.1 Å². The zero-order valence-electron chi connectivity index (χ0n) is 14.9. The zero-order valence-corrected chi connectivity index (χ0v) is 14.9. The molecule has 0 aromatic heterocycles. The maximum atomic E-state index is 13.1. The van der Waals surface area contributed by atoms with Crippen LogP contribution in [-0.4, -0.2) is 28.5 Å². The number of nitrogens with zero attached hydrogens (tertiary/aromatic N) is 1. The Hall–Kier alpha value is -2.03. The van der Waals surface area contributed by atoms with Crippen molar-refractivity contribution in [3.05, 3.63) is 53.1 Å². The standard InChI is InChI=1S/C21H27NO2/c1-21(2,3)19-14-16-8-5-4-7-15(16)11-12-22(19)20(24)17-9-6-10-18(23)13-17/h6-10,13,19,23H,4-5,11-12,14H2,1-3H3/t19-/m0/s1. The molecule has 3 rings (SSSR count). The van der Waals surface area contributed by atoms with E-state index in [-0.39, 0.29) is 23.1 Å². The van der Waals surface area contributed by atoms with E-state index in [4.69, 9.17) is 0 Å². The van der Waals surface area contributed by atoms with Gasteiger partial charge < -0.3 is 10.0 Å². The first kappa shape index (κ1) is 16.8. The second kappa shape index (κ2) is 6.46. The predicted octanol–water partition coefficient (Wildman–Crippen LogP) is 4.69. The molecular formula is C21H27NO2. The number of amides is 1. The van der Waals surface area contributed by atoms with Gasteiger partial charge in [-0.2, -0.15) is 0 Å². The molecule has 3 nitrogen and oxygen atoms in total. The maximum Gasteiger partial charge on any atom is 0.254 e. The topological polar surface area (TPSA) is 40.5 Å². The van der Waals surface area contributed by atoms with Crippen LogP contribution in [0.25, 0.3) is 0 Å². The van der Waals surface area contributed by atoms with Gasteiger partial charge in [-0.1, -0.05) is 39.0 Å². The first-order valence-corrected chi connectivity index (χ1v) is 8.85. The first-order chi connectivity index (χ1) is 11.4. The Morgan fingerprint density at radius 2 is 1.88 bits per heavy atom. The molecule has 1 saturated heterocycles. The highest BCUT2D eigenvalue weighted by molar-refractivity contribution is 5.95. The molecule has 1 heterocycles. The van der Waals surface area contributed by atoms with Gasteiger partial charge in [0.2, 0.25) is 0 Å². The Balaban J connectivity index is 1.96. The minimum atomic E-state index is 0.000220. The molecule has 3 heteroatoms. The summed E-state index contributed by atoms with van der Waals surface area (Å²) in [5.41, 5.74) is 3.41. The molecule has 0 bridgehead atoms. The number of phenols is 1. The summed E-state index contributed by atoms with van der Waals surface area (Å²) in [6.07, 6.45) is 8.76. The third-order valence-corrected chi connectivity index (χ3v) is 5.13. The first-order valence-electron chi connectivity index (χ1n) is 8.85. The average Bonchev–Trinajstić information content (AvgIpc) is 2.73. The van der Waals surface area contributed by atoms with Gasteiger partial charge in [0.15, 0.2) is 0 Å². The van der Waals surface area contributed by atoms with Crippen LogP contribution in [0, 0.1) is 5.41 Å². The summed E-state index contributed by atoms with van der Waals surface area (Å²) in [7, 11) is 0. The molecule has 1 aromatic carbocycles. The van der Waals surface area contributed by atoms with Crippen LogP contribution in [0.2, 0.25) is 0 Å². The largest absolute Gasteiger partial charge is 0.508 e. The van der Waals surface area contributed by atoms with Gasteiger partial charge in [-0.3, -0.25) is 4.79 Å². The van der Waals surface area contributed by atoms with E-state index >= 15 is 0 Å².